The zero-order chi connectivity index (χ0) is 14.5. The minimum absolute atomic E-state index is 0.290. The molecule has 1 N–H and O–H groups in total. The predicted molar refractivity (Wildman–Crippen MR) is 82.0 cm³/mol. The Morgan fingerprint density at radius 3 is 2.70 bits per heavy atom. The molecule has 0 radical (unpaired) electrons. The molecule has 0 bridgehead atoms. The van der Waals surface area contributed by atoms with E-state index in [2.05, 4.69) is 5.32 Å². The fourth-order valence-corrected chi connectivity index (χ4v) is 2.21. The van der Waals surface area contributed by atoms with Gasteiger partial charge in [-0.2, -0.15) is 0 Å². The monoisotopic (exact) mass is 309 g/mol. The Hall–Kier alpha value is -1.71. The van der Waals surface area contributed by atoms with Gasteiger partial charge in [-0.1, -0.05) is 29.8 Å². The van der Waals surface area contributed by atoms with Crippen molar-refractivity contribution in [3.8, 4) is 5.75 Å². The Morgan fingerprint density at radius 2 is 2.00 bits per heavy atom. The summed E-state index contributed by atoms with van der Waals surface area (Å²) in [5, 5.41) is 3.29. The normalized spacial score (nSPS) is 10.2. The van der Waals surface area contributed by atoms with E-state index >= 15 is 0 Å². The van der Waals surface area contributed by atoms with Crippen molar-refractivity contribution in [2.24, 2.45) is 0 Å². The van der Waals surface area contributed by atoms with E-state index in [9.17, 15) is 4.79 Å². The zero-order valence-electron chi connectivity index (χ0n) is 10.8. The highest BCUT2D eigenvalue weighted by Crippen LogP contribution is 2.25. The number of alkyl halides is 1. The van der Waals surface area contributed by atoms with Crippen molar-refractivity contribution in [1.29, 1.82) is 0 Å². The zero-order valence-corrected chi connectivity index (χ0v) is 12.3. The van der Waals surface area contributed by atoms with Gasteiger partial charge in [-0.25, -0.2) is 0 Å². The lowest BCUT2D eigenvalue weighted by molar-refractivity contribution is 0.102. The number of hydrogen-bond donors (Lipinski definition) is 1. The summed E-state index contributed by atoms with van der Waals surface area (Å²) < 4.78 is 5.17. The summed E-state index contributed by atoms with van der Waals surface area (Å²) in [7, 11) is 1.51. The van der Waals surface area contributed by atoms with Crippen LogP contribution in [0.1, 0.15) is 15.9 Å². The van der Waals surface area contributed by atoms with Crippen LogP contribution in [0.5, 0.6) is 5.75 Å². The van der Waals surface area contributed by atoms with Gasteiger partial charge >= 0.3 is 0 Å². The first-order chi connectivity index (χ1) is 9.65. The van der Waals surface area contributed by atoms with E-state index in [0.29, 0.717) is 27.9 Å². The number of amides is 1. The van der Waals surface area contributed by atoms with Gasteiger partial charge in [0.1, 0.15) is 5.75 Å². The standard InChI is InChI=1S/C15H13Cl2NO2/c1-20-14-7-6-11(17)8-12(14)15(19)18-13-5-3-2-4-10(13)9-16/h2-8H,9H2,1H3,(H,18,19). The molecule has 0 aromatic heterocycles. The Bertz CT molecular complexity index is 629. The first kappa shape index (κ1) is 14.7. The van der Waals surface area contributed by atoms with Gasteiger partial charge in [-0.3, -0.25) is 4.79 Å². The van der Waals surface area contributed by atoms with Gasteiger partial charge in [0, 0.05) is 16.6 Å². The van der Waals surface area contributed by atoms with Crippen LogP contribution in [0.25, 0.3) is 0 Å². The number of carbonyl (C=O) groups excluding carboxylic acids is 1. The molecule has 1 amide bonds. The quantitative estimate of drug-likeness (QED) is 0.853. The SMILES string of the molecule is COc1ccc(Cl)cc1C(=O)Nc1ccccc1CCl. The molecule has 0 aliphatic heterocycles. The Kier molecular flexibility index (Phi) is 4.88. The molecular formula is C15H13Cl2NO2. The van der Waals surface area contributed by atoms with Crippen molar-refractivity contribution in [3.63, 3.8) is 0 Å². The molecule has 0 saturated carbocycles. The fraction of sp³-hybridized carbons (Fsp3) is 0.133. The van der Waals surface area contributed by atoms with E-state index in [4.69, 9.17) is 27.9 Å². The second kappa shape index (κ2) is 6.64. The second-order valence-electron chi connectivity index (χ2n) is 4.09. The summed E-state index contributed by atoms with van der Waals surface area (Å²) in [4.78, 5) is 12.3. The molecule has 0 aliphatic carbocycles. The largest absolute Gasteiger partial charge is 0.496 e. The van der Waals surface area contributed by atoms with Crippen LogP contribution in [-0.4, -0.2) is 13.0 Å². The number of halogens is 2. The number of para-hydroxylation sites is 1. The third kappa shape index (κ3) is 3.24. The maximum Gasteiger partial charge on any atom is 0.259 e. The van der Waals surface area contributed by atoms with Crippen molar-refractivity contribution in [2.75, 3.05) is 12.4 Å². The van der Waals surface area contributed by atoms with Crippen LogP contribution in [-0.2, 0) is 5.88 Å². The molecule has 0 spiro atoms. The molecule has 0 saturated heterocycles. The molecule has 5 heteroatoms. The highest BCUT2D eigenvalue weighted by molar-refractivity contribution is 6.31. The van der Waals surface area contributed by atoms with Gasteiger partial charge in [-0.15, -0.1) is 11.6 Å². The van der Waals surface area contributed by atoms with Crippen molar-refractivity contribution in [1.82, 2.24) is 0 Å². The third-order valence-corrected chi connectivity index (χ3v) is 3.34. The summed E-state index contributed by atoms with van der Waals surface area (Å²) in [5.74, 6) is 0.500. The second-order valence-corrected chi connectivity index (χ2v) is 4.79. The molecule has 20 heavy (non-hydrogen) atoms. The average Bonchev–Trinajstić information content (AvgIpc) is 2.47. The fourth-order valence-electron chi connectivity index (χ4n) is 1.81. The topological polar surface area (TPSA) is 38.3 Å². The summed E-state index contributed by atoms with van der Waals surface area (Å²) in [6.45, 7) is 0. The van der Waals surface area contributed by atoms with Crippen LogP contribution in [0.4, 0.5) is 5.69 Å². The highest BCUT2D eigenvalue weighted by atomic mass is 35.5. The first-order valence-electron chi connectivity index (χ1n) is 5.94. The summed E-state index contributed by atoms with van der Waals surface area (Å²) in [6, 6.07) is 12.3. The molecule has 0 fully saturated rings. The lowest BCUT2D eigenvalue weighted by Gasteiger charge is -2.11. The molecule has 104 valence electrons. The van der Waals surface area contributed by atoms with Crippen LogP contribution in [0, 0.1) is 0 Å². The van der Waals surface area contributed by atoms with Gasteiger partial charge in [0.15, 0.2) is 0 Å². The van der Waals surface area contributed by atoms with E-state index in [1.807, 2.05) is 18.2 Å². The Morgan fingerprint density at radius 1 is 1.25 bits per heavy atom. The lowest BCUT2D eigenvalue weighted by atomic mass is 10.1. The van der Waals surface area contributed by atoms with Gasteiger partial charge in [0.05, 0.1) is 12.7 Å². The molecule has 0 heterocycles. The minimum Gasteiger partial charge on any atom is -0.496 e. The van der Waals surface area contributed by atoms with Crippen LogP contribution in [0.3, 0.4) is 0 Å². The van der Waals surface area contributed by atoms with Gasteiger partial charge in [0.25, 0.3) is 5.91 Å². The van der Waals surface area contributed by atoms with Crippen LogP contribution < -0.4 is 10.1 Å². The molecule has 3 nitrogen and oxygen atoms in total. The number of benzene rings is 2. The van der Waals surface area contributed by atoms with E-state index in [0.717, 1.165) is 5.56 Å². The molecule has 0 unspecified atom stereocenters. The average molecular weight is 310 g/mol. The number of ether oxygens (including phenoxy) is 1. The highest BCUT2D eigenvalue weighted by Gasteiger charge is 2.14. The Labute approximate surface area is 127 Å². The van der Waals surface area contributed by atoms with Crippen LogP contribution >= 0.6 is 23.2 Å². The van der Waals surface area contributed by atoms with Crippen molar-refractivity contribution >= 4 is 34.8 Å². The smallest absolute Gasteiger partial charge is 0.259 e. The predicted octanol–water partition coefficient (Wildman–Crippen LogP) is 4.34. The van der Waals surface area contributed by atoms with Crippen LogP contribution in [0.15, 0.2) is 42.5 Å². The summed E-state index contributed by atoms with van der Waals surface area (Å²) >= 11 is 11.8. The summed E-state index contributed by atoms with van der Waals surface area (Å²) in [5.41, 5.74) is 1.91. The van der Waals surface area contributed by atoms with Crippen LogP contribution in [0.2, 0.25) is 5.02 Å². The number of hydrogen-bond acceptors (Lipinski definition) is 2. The number of rotatable bonds is 4. The van der Waals surface area contributed by atoms with Crippen molar-refractivity contribution in [2.45, 2.75) is 5.88 Å². The number of carbonyl (C=O) groups is 1. The van der Waals surface area contributed by atoms with Gasteiger partial charge in [0.2, 0.25) is 0 Å². The molecule has 2 rings (SSSR count). The van der Waals surface area contributed by atoms with Crippen molar-refractivity contribution < 1.29 is 9.53 Å². The van der Waals surface area contributed by atoms with E-state index in [1.165, 1.54) is 7.11 Å². The molecule has 0 atom stereocenters. The number of nitrogens with one attached hydrogen (secondary N) is 1. The third-order valence-electron chi connectivity index (χ3n) is 2.82. The molecule has 2 aromatic rings. The van der Waals surface area contributed by atoms with Gasteiger partial charge in [-0.05, 0) is 29.8 Å². The number of anilines is 1. The maximum atomic E-state index is 12.3. The number of methoxy groups -OCH3 is 1. The lowest BCUT2D eigenvalue weighted by Crippen LogP contribution is -2.14. The molecular weight excluding hydrogens is 297 g/mol. The first-order valence-corrected chi connectivity index (χ1v) is 6.85. The Balaban J connectivity index is 2.30. The van der Waals surface area contributed by atoms with Crippen molar-refractivity contribution in [3.05, 3.63) is 58.6 Å². The van der Waals surface area contributed by atoms with E-state index < -0.39 is 0 Å². The van der Waals surface area contributed by atoms with E-state index in [-0.39, 0.29) is 5.91 Å². The summed E-state index contributed by atoms with van der Waals surface area (Å²) in [6.07, 6.45) is 0. The van der Waals surface area contributed by atoms with Gasteiger partial charge < -0.3 is 10.1 Å². The minimum atomic E-state index is -0.290. The molecule has 2 aromatic carbocycles. The maximum absolute atomic E-state index is 12.3. The van der Waals surface area contributed by atoms with E-state index in [1.54, 1.807) is 24.3 Å². The molecule has 0 aliphatic rings.